The Morgan fingerprint density at radius 3 is 2.47 bits per heavy atom. The van der Waals surface area contributed by atoms with Crippen LogP contribution < -0.4 is 5.32 Å². The highest BCUT2D eigenvalue weighted by Crippen LogP contribution is 2.28. The third kappa shape index (κ3) is 2.65. The van der Waals surface area contributed by atoms with E-state index in [2.05, 4.69) is 61.6 Å². The first-order valence-electron chi connectivity index (χ1n) is 7.18. The van der Waals surface area contributed by atoms with E-state index in [1.165, 1.54) is 27.9 Å². The van der Waals surface area contributed by atoms with Gasteiger partial charge in [0.25, 0.3) is 0 Å². The average Bonchev–Trinajstić information content (AvgIpc) is 2.86. The van der Waals surface area contributed by atoms with Gasteiger partial charge >= 0.3 is 0 Å². The smallest absolute Gasteiger partial charge is 0.0373 e. The normalized spacial score (nSPS) is 13.4. The first kappa shape index (κ1) is 12.3. The highest BCUT2D eigenvalue weighted by molar-refractivity contribution is 5.70. The maximum absolute atomic E-state index is 3.41. The second kappa shape index (κ2) is 5.08. The summed E-state index contributed by atoms with van der Waals surface area (Å²) in [5.41, 5.74) is 6.84. The van der Waals surface area contributed by atoms with E-state index < -0.39 is 0 Å². The predicted octanol–water partition coefficient (Wildman–Crippen LogP) is 4.52. The molecule has 0 aromatic heterocycles. The van der Waals surface area contributed by atoms with E-state index in [0.717, 1.165) is 25.3 Å². The van der Waals surface area contributed by atoms with Crippen LogP contribution in [0.25, 0.3) is 11.1 Å². The molecule has 1 N–H and O–H groups in total. The van der Waals surface area contributed by atoms with Gasteiger partial charge in [-0.15, -0.1) is 0 Å². The zero-order chi connectivity index (χ0) is 13.2. The Kier molecular flexibility index (Phi) is 3.29. The molecule has 2 aromatic rings. The van der Waals surface area contributed by atoms with Crippen molar-refractivity contribution < 1.29 is 0 Å². The van der Waals surface area contributed by atoms with Gasteiger partial charge in [-0.05, 0) is 53.1 Å². The summed E-state index contributed by atoms with van der Waals surface area (Å²) in [5, 5.41) is 3.41. The zero-order valence-electron chi connectivity index (χ0n) is 11.7. The van der Waals surface area contributed by atoms with Gasteiger partial charge in [0.1, 0.15) is 0 Å². The van der Waals surface area contributed by atoms with Gasteiger partial charge in [-0.2, -0.15) is 0 Å². The largest absolute Gasteiger partial charge is 0.384 e. The number of hydrogen-bond acceptors (Lipinski definition) is 1. The first-order valence-corrected chi connectivity index (χ1v) is 7.18. The molecule has 0 amide bonds. The van der Waals surface area contributed by atoms with Crippen molar-refractivity contribution in [1.82, 2.24) is 0 Å². The van der Waals surface area contributed by atoms with E-state index in [4.69, 9.17) is 0 Å². The summed E-state index contributed by atoms with van der Waals surface area (Å²) in [7, 11) is 0. The number of benzene rings is 2. The second-order valence-electron chi connectivity index (χ2n) is 5.84. The summed E-state index contributed by atoms with van der Waals surface area (Å²) >= 11 is 0. The van der Waals surface area contributed by atoms with Crippen LogP contribution in [-0.4, -0.2) is 6.54 Å². The molecule has 1 heteroatoms. The van der Waals surface area contributed by atoms with Crippen LogP contribution in [0.1, 0.15) is 25.0 Å². The molecule has 0 radical (unpaired) electrons. The summed E-state index contributed by atoms with van der Waals surface area (Å²) in [6.07, 6.45) is 2.31. The van der Waals surface area contributed by atoms with Crippen molar-refractivity contribution in [2.75, 3.05) is 11.9 Å². The van der Waals surface area contributed by atoms with E-state index in [9.17, 15) is 0 Å². The molecule has 98 valence electrons. The molecule has 1 aliphatic rings. The maximum Gasteiger partial charge on any atom is 0.0373 e. The fraction of sp³-hybridized carbons (Fsp3) is 0.333. The lowest BCUT2D eigenvalue weighted by Gasteiger charge is -2.08. The van der Waals surface area contributed by atoms with E-state index in [-0.39, 0.29) is 0 Å². The molecule has 0 atom stereocenters. The number of fused-ring (bicyclic) bond motifs is 1. The van der Waals surface area contributed by atoms with Crippen LogP contribution in [0.2, 0.25) is 0 Å². The van der Waals surface area contributed by atoms with Gasteiger partial charge in [0.2, 0.25) is 0 Å². The molecule has 0 saturated carbocycles. The van der Waals surface area contributed by atoms with Gasteiger partial charge in [-0.1, -0.05) is 44.2 Å². The van der Waals surface area contributed by atoms with Crippen LogP contribution in [0.4, 0.5) is 5.69 Å². The molecule has 2 aromatic carbocycles. The molecule has 1 heterocycles. The number of anilines is 1. The highest BCUT2D eigenvalue weighted by Gasteiger charge is 2.10. The number of nitrogens with one attached hydrogen (secondary N) is 1. The molecule has 1 nitrogen and oxygen atoms in total. The molecular formula is C18H21N. The molecule has 0 bridgehead atoms. The van der Waals surface area contributed by atoms with Crippen molar-refractivity contribution in [3.8, 4) is 11.1 Å². The van der Waals surface area contributed by atoms with Crippen molar-refractivity contribution in [2.24, 2.45) is 5.92 Å². The summed E-state index contributed by atoms with van der Waals surface area (Å²) < 4.78 is 0. The third-order valence-electron chi connectivity index (χ3n) is 3.75. The second-order valence-corrected chi connectivity index (χ2v) is 5.84. The summed E-state index contributed by atoms with van der Waals surface area (Å²) in [6.45, 7) is 5.61. The average molecular weight is 251 g/mol. The summed E-state index contributed by atoms with van der Waals surface area (Å²) in [6, 6.07) is 15.8. The lowest BCUT2D eigenvalue weighted by Crippen LogP contribution is -1.93. The van der Waals surface area contributed by atoms with Crippen molar-refractivity contribution >= 4 is 5.69 Å². The van der Waals surface area contributed by atoms with Crippen molar-refractivity contribution in [1.29, 1.82) is 0 Å². The molecule has 0 fully saturated rings. The Bertz CT molecular complexity index is 567. The van der Waals surface area contributed by atoms with Crippen LogP contribution >= 0.6 is 0 Å². The Morgan fingerprint density at radius 1 is 1.00 bits per heavy atom. The molecule has 1 aliphatic heterocycles. The van der Waals surface area contributed by atoms with Gasteiger partial charge in [0.15, 0.2) is 0 Å². The van der Waals surface area contributed by atoms with Crippen LogP contribution in [0, 0.1) is 5.92 Å². The van der Waals surface area contributed by atoms with E-state index in [1.54, 1.807) is 0 Å². The van der Waals surface area contributed by atoms with Crippen molar-refractivity contribution in [3.05, 3.63) is 53.6 Å². The fourth-order valence-electron chi connectivity index (χ4n) is 2.79. The van der Waals surface area contributed by atoms with Crippen molar-refractivity contribution in [2.45, 2.75) is 26.7 Å². The Balaban J connectivity index is 1.86. The molecule has 0 unspecified atom stereocenters. The maximum atomic E-state index is 3.41. The van der Waals surface area contributed by atoms with Gasteiger partial charge in [0, 0.05) is 12.2 Å². The monoisotopic (exact) mass is 251 g/mol. The first-order chi connectivity index (χ1) is 9.22. The SMILES string of the molecule is CC(C)Cc1ccc(-c2ccc3c(c2)CCN3)cc1. The minimum absolute atomic E-state index is 0.719. The van der Waals surface area contributed by atoms with Crippen LogP contribution in [0.15, 0.2) is 42.5 Å². The van der Waals surface area contributed by atoms with Gasteiger partial charge in [-0.3, -0.25) is 0 Å². The Morgan fingerprint density at radius 2 is 1.74 bits per heavy atom. The standard InChI is InChI=1S/C18H21N/c1-13(2)11-14-3-5-15(6-4-14)16-7-8-18-17(12-16)9-10-19-18/h3-8,12-13,19H,9-11H2,1-2H3. The van der Waals surface area contributed by atoms with E-state index >= 15 is 0 Å². The van der Waals surface area contributed by atoms with Crippen molar-refractivity contribution in [3.63, 3.8) is 0 Å². The molecule has 3 rings (SSSR count). The molecule has 0 spiro atoms. The summed E-state index contributed by atoms with van der Waals surface area (Å²) in [5.74, 6) is 0.719. The topological polar surface area (TPSA) is 12.0 Å². The Hall–Kier alpha value is -1.76. The van der Waals surface area contributed by atoms with E-state index in [0.29, 0.717) is 0 Å². The third-order valence-corrected chi connectivity index (χ3v) is 3.75. The number of hydrogen-bond donors (Lipinski definition) is 1. The molecule has 0 saturated heterocycles. The quantitative estimate of drug-likeness (QED) is 0.845. The van der Waals surface area contributed by atoms with Crippen LogP contribution in [-0.2, 0) is 12.8 Å². The number of rotatable bonds is 3. The predicted molar refractivity (Wildman–Crippen MR) is 82.6 cm³/mol. The Labute approximate surface area is 115 Å². The minimum atomic E-state index is 0.719. The minimum Gasteiger partial charge on any atom is -0.384 e. The van der Waals surface area contributed by atoms with Crippen LogP contribution in [0.3, 0.4) is 0 Å². The fourth-order valence-corrected chi connectivity index (χ4v) is 2.79. The van der Waals surface area contributed by atoms with Gasteiger partial charge in [0.05, 0.1) is 0 Å². The highest BCUT2D eigenvalue weighted by atomic mass is 14.9. The van der Waals surface area contributed by atoms with E-state index in [1.807, 2.05) is 0 Å². The van der Waals surface area contributed by atoms with Gasteiger partial charge in [-0.25, -0.2) is 0 Å². The van der Waals surface area contributed by atoms with Gasteiger partial charge < -0.3 is 5.32 Å². The lowest BCUT2D eigenvalue weighted by molar-refractivity contribution is 0.647. The molecule has 19 heavy (non-hydrogen) atoms. The summed E-state index contributed by atoms with van der Waals surface area (Å²) in [4.78, 5) is 0. The molecular weight excluding hydrogens is 230 g/mol. The lowest BCUT2D eigenvalue weighted by atomic mass is 9.98. The zero-order valence-corrected chi connectivity index (χ0v) is 11.7. The van der Waals surface area contributed by atoms with Crippen LogP contribution in [0.5, 0.6) is 0 Å². The molecule has 0 aliphatic carbocycles.